The van der Waals surface area contributed by atoms with Gasteiger partial charge in [-0.05, 0) is 18.6 Å². The number of aromatic nitrogens is 1. The van der Waals surface area contributed by atoms with Gasteiger partial charge in [0, 0.05) is 35.6 Å². The molecule has 0 saturated carbocycles. The van der Waals surface area contributed by atoms with Gasteiger partial charge in [0.05, 0.1) is 0 Å². The van der Waals surface area contributed by atoms with Crippen LogP contribution < -0.4 is 0 Å². The SMILES string of the molecule is CCCCN1C(=O)c2ccccc2C1(O)c1cccnc1. The molecule has 1 N–H and O–H groups in total. The maximum absolute atomic E-state index is 12.6. The van der Waals surface area contributed by atoms with Crippen molar-refractivity contribution in [2.24, 2.45) is 0 Å². The van der Waals surface area contributed by atoms with Crippen molar-refractivity contribution in [3.05, 3.63) is 65.5 Å². The zero-order valence-electron chi connectivity index (χ0n) is 12.0. The summed E-state index contributed by atoms with van der Waals surface area (Å²) in [4.78, 5) is 18.3. The van der Waals surface area contributed by atoms with Crippen LogP contribution in [0.25, 0.3) is 0 Å². The summed E-state index contributed by atoms with van der Waals surface area (Å²) in [5, 5.41) is 11.3. The molecule has 3 rings (SSSR count). The predicted molar refractivity (Wildman–Crippen MR) is 79.6 cm³/mol. The highest BCUT2D eigenvalue weighted by atomic mass is 16.3. The minimum absolute atomic E-state index is 0.120. The molecule has 1 aromatic heterocycles. The Kier molecular flexibility index (Phi) is 3.47. The maximum atomic E-state index is 12.6. The van der Waals surface area contributed by atoms with E-state index in [9.17, 15) is 9.90 Å². The molecular weight excluding hydrogens is 264 g/mol. The van der Waals surface area contributed by atoms with E-state index in [4.69, 9.17) is 0 Å². The highest BCUT2D eigenvalue weighted by Gasteiger charge is 2.49. The number of carbonyl (C=O) groups is 1. The summed E-state index contributed by atoms with van der Waals surface area (Å²) >= 11 is 0. The zero-order chi connectivity index (χ0) is 14.9. The van der Waals surface area contributed by atoms with Crippen LogP contribution in [0, 0.1) is 0 Å². The van der Waals surface area contributed by atoms with Gasteiger partial charge in [-0.2, -0.15) is 0 Å². The molecule has 0 radical (unpaired) electrons. The molecular formula is C17H18N2O2. The lowest BCUT2D eigenvalue weighted by molar-refractivity contribution is -0.0505. The van der Waals surface area contributed by atoms with Gasteiger partial charge < -0.3 is 10.0 Å². The van der Waals surface area contributed by atoms with E-state index in [0.29, 0.717) is 23.2 Å². The second-order valence-electron chi connectivity index (χ2n) is 5.27. The number of aliphatic hydroxyl groups is 1. The smallest absolute Gasteiger partial charge is 0.257 e. The van der Waals surface area contributed by atoms with Gasteiger partial charge in [0.2, 0.25) is 0 Å². The Labute approximate surface area is 124 Å². The van der Waals surface area contributed by atoms with E-state index in [2.05, 4.69) is 11.9 Å². The van der Waals surface area contributed by atoms with Crippen molar-refractivity contribution in [1.29, 1.82) is 0 Å². The average Bonchev–Trinajstić information content (AvgIpc) is 2.76. The molecule has 0 bridgehead atoms. The number of fused-ring (bicyclic) bond motifs is 1. The number of hydrogen-bond donors (Lipinski definition) is 1. The monoisotopic (exact) mass is 282 g/mol. The van der Waals surface area contributed by atoms with Gasteiger partial charge in [0.15, 0.2) is 5.72 Å². The molecule has 0 saturated heterocycles. The fraction of sp³-hybridized carbons (Fsp3) is 0.294. The number of rotatable bonds is 4. The minimum atomic E-state index is -1.42. The number of hydrogen-bond acceptors (Lipinski definition) is 3. The molecule has 0 fully saturated rings. The van der Waals surface area contributed by atoms with Crippen LogP contribution in [-0.2, 0) is 5.72 Å². The Balaban J connectivity index is 2.15. The molecule has 1 aliphatic rings. The second kappa shape index (κ2) is 5.30. The molecule has 1 aliphatic heterocycles. The molecule has 2 heterocycles. The third-order valence-corrected chi connectivity index (χ3v) is 3.97. The Morgan fingerprint density at radius 1 is 1.24 bits per heavy atom. The van der Waals surface area contributed by atoms with Crippen LogP contribution in [0.2, 0.25) is 0 Å². The van der Waals surface area contributed by atoms with Crippen LogP contribution in [0.3, 0.4) is 0 Å². The largest absolute Gasteiger partial charge is 0.363 e. The lowest BCUT2D eigenvalue weighted by Gasteiger charge is -2.34. The van der Waals surface area contributed by atoms with E-state index in [1.165, 1.54) is 0 Å². The molecule has 1 aromatic carbocycles. The van der Waals surface area contributed by atoms with E-state index < -0.39 is 5.72 Å². The third kappa shape index (κ3) is 2.03. The van der Waals surface area contributed by atoms with Gasteiger partial charge in [-0.25, -0.2) is 0 Å². The molecule has 2 aromatic rings. The van der Waals surface area contributed by atoms with Crippen LogP contribution >= 0.6 is 0 Å². The first-order valence-electron chi connectivity index (χ1n) is 7.24. The van der Waals surface area contributed by atoms with E-state index in [0.717, 1.165) is 12.8 Å². The molecule has 4 nitrogen and oxygen atoms in total. The molecule has 108 valence electrons. The standard InChI is InChI=1S/C17H18N2O2/c1-2-3-11-19-16(20)14-8-4-5-9-15(14)17(19,21)13-7-6-10-18-12-13/h4-10,12,21H,2-3,11H2,1H3. The number of amides is 1. The summed E-state index contributed by atoms with van der Waals surface area (Å²) in [7, 11) is 0. The lowest BCUT2D eigenvalue weighted by atomic mass is 9.95. The second-order valence-corrected chi connectivity index (χ2v) is 5.27. The van der Waals surface area contributed by atoms with Crippen LogP contribution in [0.5, 0.6) is 0 Å². The van der Waals surface area contributed by atoms with Crippen molar-refractivity contribution in [1.82, 2.24) is 9.88 Å². The third-order valence-electron chi connectivity index (χ3n) is 3.97. The van der Waals surface area contributed by atoms with Gasteiger partial charge >= 0.3 is 0 Å². The maximum Gasteiger partial charge on any atom is 0.257 e. The quantitative estimate of drug-likeness (QED) is 0.937. The Hall–Kier alpha value is -2.20. The molecule has 1 amide bonds. The molecule has 4 heteroatoms. The first-order valence-corrected chi connectivity index (χ1v) is 7.24. The Morgan fingerprint density at radius 3 is 2.76 bits per heavy atom. The van der Waals surface area contributed by atoms with Gasteiger partial charge in [0.1, 0.15) is 0 Å². The van der Waals surface area contributed by atoms with Gasteiger partial charge in [-0.1, -0.05) is 37.6 Å². The van der Waals surface area contributed by atoms with Crippen molar-refractivity contribution in [2.45, 2.75) is 25.5 Å². The van der Waals surface area contributed by atoms with Crippen LogP contribution in [0.4, 0.5) is 0 Å². The number of pyridine rings is 1. The number of unbranched alkanes of at least 4 members (excludes halogenated alkanes) is 1. The summed E-state index contributed by atoms with van der Waals surface area (Å²) in [6, 6.07) is 10.8. The van der Waals surface area contributed by atoms with E-state index in [1.54, 1.807) is 35.5 Å². The Morgan fingerprint density at radius 2 is 2.05 bits per heavy atom. The Bertz CT molecular complexity index is 657. The number of benzene rings is 1. The summed E-state index contributed by atoms with van der Waals surface area (Å²) in [6.07, 6.45) is 5.09. The van der Waals surface area contributed by atoms with Gasteiger partial charge in [0.25, 0.3) is 5.91 Å². The molecule has 1 atom stereocenters. The van der Waals surface area contributed by atoms with Crippen LogP contribution in [0.15, 0.2) is 48.8 Å². The summed E-state index contributed by atoms with van der Waals surface area (Å²) in [5.74, 6) is -0.120. The predicted octanol–water partition coefficient (Wildman–Crippen LogP) is 2.53. The van der Waals surface area contributed by atoms with Crippen molar-refractivity contribution < 1.29 is 9.90 Å². The fourth-order valence-electron chi connectivity index (χ4n) is 2.87. The molecule has 1 unspecified atom stereocenters. The highest BCUT2D eigenvalue weighted by Crippen LogP contribution is 2.41. The van der Waals surface area contributed by atoms with Gasteiger partial charge in [-0.3, -0.25) is 9.78 Å². The summed E-state index contributed by atoms with van der Waals surface area (Å²) in [6.45, 7) is 2.59. The summed E-state index contributed by atoms with van der Waals surface area (Å²) in [5.41, 5.74) is 0.412. The topological polar surface area (TPSA) is 53.4 Å². The molecule has 21 heavy (non-hydrogen) atoms. The number of nitrogens with zero attached hydrogens (tertiary/aromatic N) is 2. The normalized spacial score (nSPS) is 20.7. The van der Waals surface area contributed by atoms with Crippen LogP contribution in [-0.4, -0.2) is 27.4 Å². The first kappa shape index (κ1) is 13.8. The van der Waals surface area contributed by atoms with E-state index in [-0.39, 0.29) is 5.91 Å². The van der Waals surface area contributed by atoms with Gasteiger partial charge in [-0.15, -0.1) is 0 Å². The highest BCUT2D eigenvalue weighted by molar-refractivity contribution is 6.00. The molecule has 0 aliphatic carbocycles. The average molecular weight is 282 g/mol. The van der Waals surface area contributed by atoms with Crippen LogP contribution in [0.1, 0.15) is 41.3 Å². The van der Waals surface area contributed by atoms with Crippen molar-refractivity contribution in [3.8, 4) is 0 Å². The fourth-order valence-corrected chi connectivity index (χ4v) is 2.87. The molecule has 0 spiro atoms. The summed E-state index contributed by atoms with van der Waals surface area (Å²) < 4.78 is 0. The first-order chi connectivity index (χ1) is 10.2. The van der Waals surface area contributed by atoms with Crippen molar-refractivity contribution >= 4 is 5.91 Å². The number of carbonyl (C=O) groups excluding carboxylic acids is 1. The minimum Gasteiger partial charge on any atom is -0.363 e. The van der Waals surface area contributed by atoms with Crippen molar-refractivity contribution in [2.75, 3.05) is 6.54 Å². The zero-order valence-corrected chi connectivity index (χ0v) is 12.0. The van der Waals surface area contributed by atoms with E-state index in [1.807, 2.05) is 18.2 Å². The van der Waals surface area contributed by atoms with Crippen molar-refractivity contribution in [3.63, 3.8) is 0 Å². The lowest BCUT2D eigenvalue weighted by Crippen LogP contribution is -2.45. The van der Waals surface area contributed by atoms with E-state index >= 15 is 0 Å².